The topological polar surface area (TPSA) is 60.9 Å². The number of fused-ring (bicyclic) bond motifs is 1. The maximum Gasteiger partial charge on any atom is 0.135 e. The first-order valence-corrected chi connectivity index (χ1v) is 11.3. The zero-order chi connectivity index (χ0) is 22.9. The summed E-state index contributed by atoms with van der Waals surface area (Å²) in [5.74, 6) is -0.303. The van der Waals surface area contributed by atoms with Gasteiger partial charge in [0.25, 0.3) is 0 Å². The fraction of sp³-hybridized carbons (Fsp3) is 0.320. The number of hydrogen-bond donors (Lipinski definition) is 1. The van der Waals surface area contributed by atoms with Crippen molar-refractivity contribution < 1.29 is 8.78 Å². The molecule has 1 aromatic carbocycles. The van der Waals surface area contributed by atoms with Crippen LogP contribution in [0.5, 0.6) is 0 Å². The zero-order valence-corrected chi connectivity index (χ0v) is 18.8. The molecule has 1 aliphatic rings. The van der Waals surface area contributed by atoms with Gasteiger partial charge in [0.1, 0.15) is 23.1 Å². The Balaban J connectivity index is 1.53. The summed E-state index contributed by atoms with van der Waals surface area (Å²) < 4.78 is 29.7. The van der Waals surface area contributed by atoms with Gasteiger partial charge in [-0.3, -0.25) is 10.1 Å². The standard InChI is InChI=1S/C25H26F2N6/c1-3-4-16-11-19(26)24(20(27)12-16)21-14-18-22(15-29-21)30-31-25(18)17-5-6-28-23(13-17)33-9-7-32(2)8-10-33/h5-6,11-15H,3-4,7-10H2,1-2H3,(H,30,31). The number of rotatable bonds is 5. The molecule has 33 heavy (non-hydrogen) atoms. The van der Waals surface area contributed by atoms with Gasteiger partial charge in [0.15, 0.2) is 0 Å². The van der Waals surface area contributed by atoms with Gasteiger partial charge < -0.3 is 9.80 Å². The van der Waals surface area contributed by atoms with Gasteiger partial charge in [0.2, 0.25) is 0 Å². The third kappa shape index (κ3) is 4.18. The van der Waals surface area contributed by atoms with Crippen LogP contribution in [0.2, 0.25) is 0 Å². The van der Waals surface area contributed by atoms with Crippen molar-refractivity contribution in [3.05, 3.63) is 59.9 Å². The summed E-state index contributed by atoms with van der Waals surface area (Å²) in [4.78, 5) is 13.4. The van der Waals surface area contributed by atoms with E-state index < -0.39 is 11.6 Å². The minimum absolute atomic E-state index is 0.114. The zero-order valence-electron chi connectivity index (χ0n) is 18.8. The molecule has 0 aliphatic carbocycles. The smallest absolute Gasteiger partial charge is 0.135 e. The van der Waals surface area contributed by atoms with Crippen molar-refractivity contribution in [2.45, 2.75) is 19.8 Å². The number of pyridine rings is 2. The molecule has 1 fully saturated rings. The van der Waals surface area contributed by atoms with Gasteiger partial charge in [-0.2, -0.15) is 5.10 Å². The van der Waals surface area contributed by atoms with Gasteiger partial charge in [0, 0.05) is 43.3 Å². The van der Waals surface area contributed by atoms with E-state index in [0.717, 1.165) is 49.4 Å². The number of halogens is 2. The number of nitrogens with one attached hydrogen (secondary N) is 1. The van der Waals surface area contributed by atoms with Crippen molar-refractivity contribution in [1.29, 1.82) is 0 Å². The molecule has 0 amide bonds. The normalized spacial score (nSPS) is 14.8. The molecule has 0 saturated carbocycles. The average molecular weight is 449 g/mol. The molecule has 6 nitrogen and oxygen atoms in total. The predicted molar refractivity (Wildman–Crippen MR) is 126 cm³/mol. The minimum Gasteiger partial charge on any atom is -0.354 e. The number of anilines is 1. The fourth-order valence-corrected chi connectivity index (χ4v) is 4.35. The van der Waals surface area contributed by atoms with E-state index in [4.69, 9.17) is 0 Å². The Morgan fingerprint density at radius 1 is 1.00 bits per heavy atom. The Hall–Kier alpha value is -3.39. The summed E-state index contributed by atoms with van der Waals surface area (Å²) >= 11 is 0. The number of nitrogens with zero attached hydrogens (tertiary/aromatic N) is 5. The first kappa shape index (κ1) is 21.5. The van der Waals surface area contributed by atoms with E-state index in [1.54, 1.807) is 18.5 Å². The fourth-order valence-electron chi connectivity index (χ4n) is 4.35. The highest BCUT2D eigenvalue weighted by atomic mass is 19.1. The van der Waals surface area contributed by atoms with Gasteiger partial charge >= 0.3 is 0 Å². The van der Waals surface area contributed by atoms with Crippen LogP contribution in [0, 0.1) is 11.6 Å². The third-order valence-electron chi connectivity index (χ3n) is 6.19. The van der Waals surface area contributed by atoms with Crippen LogP contribution in [0.1, 0.15) is 18.9 Å². The molecule has 5 rings (SSSR count). The molecular formula is C25H26F2N6. The summed E-state index contributed by atoms with van der Waals surface area (Å²) in [6.07, 6.45) is 4.80. The molecular weight excluding hydrogens is 422 g/mol. The highest BCUT2D eigenvalue weighted by Gasteiger charge is 2.19. The summed E-state index contributed by atoms with van der Waals surface area (Å²) in [6.45, 7) is 5.78. The van der Waals surface area contributed by atoms with Crippen molar-refractivity contribution in [3.8, 4) is 22.5 Å². The SMILES string of the molecule is CCCc1cc(F)c(-c2cc3c(-c4ccnc(N5CCN(C)CC5)c4)n[nH]c3cn2)c(F)c1. The number of H-pyrrole nitrogens is 1. The lowest BCUT2D eigenvalue weighted by Crippen LogP contribution is -2.44. The lowest BCUT2D eigenvalue weighted by Gasteiger charge is -2.33. The Morgan fingerprint density at radius 2 is 1.76 bits per heavy atom. The van der Waals surface area contributed by atoms with Crippen molar-refractivity contribution in [2.75, 3.05) is 38.1 Å². The monoisotopic (exact) mass is 448 g/mol. The molecule has 1 aliphatic heterocycles. The summed E-state index contributed by atoms with van der Waals surface area (Å²) in [5, 5.41) is 8.22. The molecule has 0 bridgehead atoms. The van der Waals surface area contributed by atoms with E-state index in [-0.39, 0.29) is 11.3 Å². The average Bonchev–Trinajstić information content (AvgIpc) is 3.23. The van der Waals surface area contributed by atoms with Gasteiger partial charge in [-0.25, -0.2) is 13.8 Å². The highest BCUT2D eigenvalue weighted by molar-refractivity contribution is 5.94. The van der Waals surface area contributed by atoms with Crippen LogP contribution < -0.4 is 4.90 Å². The Labute approximate surface area is 191 Å². The second-order valence-electron chi connectivity index (χ2n) is 8.56. The quantitative estimate of drug-likeness (QED) is 0.481. The van der Waals surface area contributed by atoms with Crippen LogP contribution in [0.4, 0.5) is 14.6 Å². The summed E-state index contributed by atoms with van der Waals surface area (Å²) in [6, 6.07) is 8.41. The number of hydrogen-bond acceptors (Lipinski definition) is 5. The molecule has 0 radical (unpaired) electrons. The van der Waals surface area contributed by atoms with Gasteiger partial charge in [-0.15, -0.1) is 0 Å². The molecule has 4 aromatic rings. The summed E-state index contributed by atoms with van der Waals surface area (Å²) in [5.41, 5.74) is 3.08. The summed E-state index contributed by atoms with van der Waals surface area (Å²) in [7, 11) is 2.12. The first-order chi connectivity index (χ1) is 16.0. The first-order valence-electron chi connectivity index (χ1n) is 11.3. The van der Waals surface area contributed by atoms with Crippen LogP contribution in [-0.4, -0.2) is 58.3 Å². The largest absolute Gasteiger partial charge is 0.354 e. The van der Waals surface area contributed by atoms with Crippen LogP contribution in [-0.2, 0) is 6.42 Å². The number of aromatic amines is 1. The van der Waals surface area contributed by atoms with Gasteiger partial charge in [0.05, 0.1) is 23.0 Å². The third-order valence-corrected chi connectivity index (χ3v) is 6.19. The molecule has 0 spiro atoms. The van der Waals surface area contributed by atoms with E-state index >= 15 is 0 Å². The Kier molecular flexibility index (Phi) is 5.76. The van der Waals surface area contributed by atoms with Crippen molar-refractivity contribution in [1.82, 2.24) is 25.1 Å². The molecule has 4 heterocycles. The van der Waals surface area contributed by atoms with Crippen LogP contribution in [0.25, 0.3) is 33.4 Å². The molecule has 1 N–H and O–H groups in total. The minimum atomic E-state index is -0.600. The second kappa shape index (κ2) is 8.86. The van der Waals surface area contributed by atoms with Crippen molar-refractivity contribution in [3.63, 3.8) is 0 Å². The van der Waals surface area contributed by atoms with Crippen LogP contribution in [0.15, 0.2) is 42.7 Å². The van der Waals surface area contributed by atoms with E-state index in [0.29, 0.717) is 23.2 Å². The predicted octanol–water partition coefficient (Wildman–Crippen LogP) is 4.67. The number of aryl methyl sites for hydroxylation is 1. The Morgan fingerprint density at radius 3 is 2.48 bits per heavy atom. The lowest BCUT2D eigenvalue weighted by molar-refractivity contribution is 0.312. The highest BCUT2D eigenvalue weighted by Crippen LogP contribution is 2.32. The lowest BCUT2D eigenvalue weighted by atomic mass is 10.0. The van der Waals surface area contributed by atoms with Crippen LogP contribution >= 0.6 is 0 Å². The van der Waals surface area contributed by atoms with Crippen molar-refractivity contribution >= 4 is 16.7 Å². The van der Waals surface area contributed by atoms with E-state index in [1.807, 2.05) is 19.1 Å². The van der Waals surface area contributed by atoms with Gasteiger partial charge in [-0.1, -0.05) is 13.3 Å². The molecule has 3 aromatic heterocycles. The molecule has 8 heteroatoms. The maximum absolute atomic E-state index is 14.8. The van der Waals surface area contributed by atoms with E-state index in [2.05, 4.69) is 37.0 Å². The number of piperazine rings is 1. The maximum atomic E-state index is 14.8. The van der Waals surface area contributed by atoms with Gasteiger partial charge in [-0.05, 0) is 49.4 Å². The molecule has 0 unspecified atom stereocenters. The Bertz CT molecular complexity index is 1270. The number of aromatic nitrogens is 4. The second-order valence-corrected chi connectivity index (χ2v) is 8.56. The van der Waals surface area contributed by atoms with E-state index in [9.17, 15) is 8.78 Å². The molecule has 0 atom stereocenters. The molecule has 1 saturated heterocycles. The van der Waals surface area contributed by atoms with Crippen molar-refractivity contribution in [2.24, 2.45) is 0 Å². The number of benzene rings is 1. The van der Waals surface area contributed by atoms with Crippen LogP contribution in [0.3, 0.4) is 0 Å². The number of likely N-dealkylation sites (N-methyl/N-ethyl adjacent to an activating group) is 1. The molecule has 170 valence electrons. The van der Waals surface area contributed by atoms with E-state index in [1.165, 1.54) is 12.1 Å².